The van der Waals surface area contributed by atoms with Crippen LogP contribution in [0.3, 0.4) is 0 Å². The highest BCUT2D eigenvalue weighted by atomic mass is 16.5. The number of fused-ring (bicyclic) bond motifs is 10. The number of pyridine rings is 1. The molecule has 0 saturated carbocycles. The lowest BCUT2D eigenvalue weighted by Crippen LogP contribution is -2.32. The summed E-state index contributed by atoms with van der Waals surface area (Å²) in [5.74, 6) is 3.61. The fraction of sp³-hybridized carbons (Fsp3) is 0.0182. The number of rotatable bonds is 5. The molecular formula is C55H34N4O. The molecule has 10 aromatic rings. The Morgan fingerprint density at radius 1 is 0.333 bits per heavy atom. The largest absolute Gasteiger partial charge is 0.457 e. The first kappa shape index (κ1) is 34.1. The summed E-state index contributed by atoms with van der Waals surface area (Å²) in [6, 6.07) is 68.2. The molecule has 60 heavy (non-hydrogen) atoms. The highest BCUT2D eigenvalue weighted by Gasteiger charge is 2.51. The first-order valence-electron chi connectivity index (χ1n) is 20.2. The van der Waals surface area contributed by atoms with Gasteiger partial charge in [-0.05, 0) is 68.6 Å². The molecule has 0 fully saturated rings. The molecule has 0 saturated heterocycles. The molecule has 0 bridgehead atoms. The predicted octanol–water partition coefficient (Wildman–Crippen LogP) is 13.2. The van der Waals surface area contributed by atoms with Crippen LogP contribution in [-0.4, -0.2) is 19.9 Å². The molecule has 12 rings (SSSR count). The zero-order chi connectivity index (χ0) is 39.6. The summed E-state index contributed by atoms with van der Waals surface area (Å²) in [4.78, 5) is 19.8. The van der Waals surface area contributed by atoms with Gasteiger partial charge in [0.2, 0.25) is 0 Å². The molecule has 0 N–H and O–H groups in total. The van der Waals surface area contributed by atoms with Gasteiger partial charge in [-0.25, -0.2) is 15.0 Å². The van der Waals surface area contributed by atoms with Gasteiger partial charge >= 0.3 is 0 Å². The highest BCUT2D eigenvalue weighted by molar-refractivity contribution is 5.96. The van der Waals surface area contributed by atoms with Crippen LogP contribution in [0.2, 0.25) is 0 Å². The Labute approximate surface area is 347 Å². The van der Waals surface area contributed by atoms with Crippen molar-refractivity contribution < 1.29 is 4.74 Å². The minimum absolute atomic E-state index is 0.609. The summed E-state index contributed by atoms with van der Waals surface area (Å²) < 4.78 is 6.63. The second-order valence-corrected chi connectivity index (χ2v) is 15.4. The molecule has 5 nitrogen and oxygen atoms in total. The van der Waals surface area contributed by atoms with Crippen LogP contribution in [0.15, 0.2) is 207 Å². The summed E-state index contributed by atoms with van der Waals surface area (Å²) >= 11 is 0. The van der Waals surface area contributed by atoms with Gasteiger partial charge in [0.05, 0.1) is 5.41 Å². The van der Waals surface area contributed by atoms with Crippen molar-refractivity contribution in [1.82, 2.24) is 19.9 Å². The third kappa shape index (κ3) is 5.26. The van der Waals surface area contributed by atoms with Gasteiger partial charge in [-0.15, -0.1) is 0 Å². The Bertz CT molecular complexity index is 3180. The van der Waals surface area contributed by atoms with Gasteiger partial charge in [-0.1, -0.05) is 170 Å². The van der Waals surface area contributed by atoms with Crippen LogP contribution in [0.1, 0.15) is 22.3 Å². The standard InChI is InChI=1S/C55H34N4O/c1-3-13-37(14-4-1)52-57-53(38-15-5-2-6-16-38)59-54(58-52)40-28-30-47-44(32-40)43-31-39(35-23-25-36(26-24-35)45-34-56-33-41-17-7-8-18-42(41)45)27-29-46(43)55(47)48-19-9-11-21-50(48)60-51-22-12-10-20-49(51)55/h1-34H. The van der Waals surface area contributed by atoms with Crippen molar-refractivity contribution in [2.45, 2.75) is 5.41 Å². The second-order valence-electron chi connectivity index (χ2n) is 15.4. The minimum Gasteiger partial charge on any atom is -0.457 e. The topological polar surface area (TPSA) is 60.8 Å². The zero-order valence-corrected chi connectivity index (χ0v) is 32.3. The van der Waals surface area contributed by atoms with Crippen LogP contribution in [0.25, 0.3) is 78.3 Å². The van der Waals surface area contributed by atoms with Crippen molar-refractivity contribution in [3.05, 3.63) is 229 Å². The lowest BCUT2D eigenvalue weighted by Gasteiger charge is -2.39. The van der Waals surface area contributed by atoms with E-state index >= 15 is 0 Å². The maximum atomic E-state index is 6.63. The van der Waals surface area contributed by atoms with Crippen LogP contribution in [-0.2, 0) is 5.41 Å². The van der Waals surface area contributed by atoms with E-state index in [4.69, 9.17) is 19.7 Å². The first-order chi connectivity index (χ1) is 29.7. The lowest BCUT2D eigenvalue weighted by molar-refractivity contribution is 0.436. The fourth-order valence-corrected chi connectivity index (χ4v) is 9.35. The number of aromatic nitrogens is 4. The number of hydrogen-bond acceptors (Lipinski definition) is 5. The second kappa shape index (κ2) is 13.5. The molecule has 2 aliphatic rings. The van der Waals surface area contributed by atoms with Crippen LogP contribution in [0.5, 0.6) is 11.5 Å². The van der Waals surface area contributed by atoms with E-state index < -0.39 is 5.41 Å². The number of ether oxygens (including phenoxy) is 1. The third-order valence-electron chi connectivity index (χ3n) is 12.1. The SMILES string of the molecule is c1ccc(-c2nc(-c3ccccc3)nc(-c3ccc4c(c3)-c3cc(-c5ccc(-c6cncc7ccccc67)cc5)ccc3C43c4ccccc4Oc4ccccc43)n2)cc1. The first-order valence-corrected chi connectivity index (χ1v) is 20.2. The van der Waals surface area contributed by atoms with E-state index in [0.717, 1.165) is 72.5 Å². The molecule has 0 radical (unpaired) electrons. The Kier molecular flexibility index (Phi) is 7.69. The summed E-state index contributed by atoms with van der Waals surface area (Å²) in [5, 5.41) is 2.32. The molecule has 1 aliphatic carbocycles. The van der Waals surface area contributed by atoms with E-state index in [1.165, 1.54) is 22.1 Å². The van der Waals surface area contributed by atoms with E-state index in [0.29, 0.717) is 17.5 Å². The number of hydrogen-bond donors (Lipinski definition) is 0. The Hall–Kier alpha value is -8.02. The normalized spacial score (nSPS) is 12.9. The summed E-state index contributed by atoms with van der Waals surface area (Å²) in [5.41, 5.74) is 13.7. The van der Waals surface area contributed by atoms with Crippen molar-refractivity contribution >= 4 is 10.8 Å². The monoisotopic (exact) mass is 766 g/mol. The van der Waals surface area contributed by atoms with Gasteiger partial charge in [-0.2, -0.15) is 0 Å². The summed E-state index contributed by atoms with van der Waals surface area (Å²) in [7, 11) is 0. The number of para-hydroxylation sites is 2. The molecule has 1 aliphatic heterocycles. The zero-order valence-electron chi connectivity index (χ0n) is 32.3. The molecule has 3 heterocycles. The van der Waals surface area contributed by atoms with E-state index in [9.17, 15) is 0 Å². The van der Waals surface area contributed by atoms with Crippen molar-refractivity contribution in [3.8, 4) is 79.0 Å². The van der Waals surface area contributed by atoms with Gasteiger partial charge in [0.15, 0.2) is 17.5 Å². The lowest BCUT2D eigenvalue weighted by atomic mass is 9.66. The maximum Gasteiger partial charge on any atom is 0.164 e. The van der Waals surface area contributed by atoms with E-state index in [-0.39, 0.29) is 0 Å². The molecule has 0 unspecified atom stereocenters. The van der Waals surface area contributed by atoms with Gasteiger partial charge in [0, 0.05) is 51.2 Å². The van der Waals surface area contributed by atoms with Gasteiger partial charge < -0.3 is 4.74 Å². The summed E-state index contributed by atoms with van der Waals surface area (Å²) in [6.07, 6.45) is 3.89. The molecule has 8 aromatic carbocycles. The fourth-order valence-electron chi connectivity index (χ4n) is 9.35. The van der Waals surface area contributed by atoms with Crippen molar-refractivity contribution in [2.75, 3.05) is 0 Å². The minimum atomic E-state index is -0.609. The molecule has 1 spiro atoms. The van der Waals surface area contributed by atoms with Crippen molar-refractivity contribution in [2.24, 2.45) is 0 Å². The Morgan fingerprint density at radius 2 is 0.817 bits per heavy atom. The van der Waals surface area contributed by atoms with E-state index in [1.54, 1.807) is 0 Å². The van der Waals surface area contributed by atoms with Crippen LogP contribution in [0, 0.1) is 0 Å². The average Bonchev–Trinajstić information content (AvgIpc) is 3.61. The van der Waals surface area contributed by atoms with Crippen LogP contribution >= 0.6 is 0 Å². The van der Waals surface area contributed by atoms with Gasteiger partial charge in [0.25, 0.3) is 0 Å². The Morgan fingerprint density at radius 3 is 1.45 bits per heavy atom. The number of benzene rings is 8. The van der Waals surface area contributed by atoms with E-state index in [2.05, 4.69) is 138 Å². The average molecular weight is 767 g/mol. The van der Waals surface area contributed by atoms with Crippen molar-refractivity contribution in [1.29, 1.82) is 0 Å². The van der Waals surface area contributed by atoms with Gasteiger partial charge in [-0.3, -0.25) is 4.98 Å². The molecule has 280 valence electrons. The number of nitrogens with zero attached hydrogens (tertiary/aromatic N) is 4. The predicted molar refractivity (Wildman–Crippen MR) is 240 cm³/mol. The summed E-state index contributed by atoms with van der Waals surface area (Å²) in [6.45, 7) is 0. The van der Waals surface area contributed by atoms with E-state index in [1.807, 2.05) is 73.1 Å². The van der Waals surface area contributed by atoms with Crippen LogP contribution in [0.4, 0.5) is 0 Å². The van der Waals surface area contributed by atoms with Crippen LogP contribution < -0.4 is 4.74 Å². The van der Waals surface area contributed by atoms with Crippen molar-refractivity contribution in [3.63, 3.8) is 0 Å². The smallest absolute Gasteiger partial charge is 0.164 e. The highest BCUT2D eigenvalue weighted by Crippen LogP contribution is 2.62. The quantitative estimate of drug-likeness (QED) is 0.175. The molecule has 0 atom stereocenters. The maximum absolute atomic E-state index is 6.63. The molecule has 0 amide bonds. The molecular weight excluding hydrogens is 733 g/mol. The molecule has 5 heteroatoms. The Balaban J connectivity index is 1.06. The van der Waals surface area contributed by atoms with Gasteiger partial charge in [0.1, 0.15) is 11.5 Å². The molecule has 2 aromatic heterocycles. The third-order valence-corrected chi connectivity index (χ3v) is 12.1.